The number of aromatic nitrogens is 2. The first-order valence-electron chi connectivity index (χ1n) is 10.1. The summed E-state index contributed by atoms with van der Waals surface area (Å²) >= 11 is 1.71. The number of likely N-dealkylation sites (tertiary alicyclic amines) is 1. The normalized spacial score (nSPS) is 15.9. The highest BCUT2D eigenvalue weighted by molar-refractivity contribution is 14.0. The Morgan fingerprint density at radius 3 is 2.62 bits per heavy atom. The number of guanidine groups is 1. The Hall–Kier alpha value is -1.20. The largest absolute Gasteiger partial charge is 0.444 e. The van der Waals surface area contributed by atoms with Gasteiger partial charge in [-0.05, 0) is 59.5 Å². The molecule has 1 aliphatic rings. The van der Waals surface area contributed by atoms with Crippen molar-refractivity contribution in [1.82, 2.24) is 25.5 Å². The zero-order chi connectivity index (χ0) is 19.9. The molecule has 0 amide bonds. The van der Waals surface area contributed by atoms with E-state index in [2.05, 4.69) is 44.3 Å². The molecule has 2 aromatic rings. The molecule has 3 heterocycles. The highest BCUT2D eigenvalue weighted by Crippen LogP contribution is 2.19. The highest BCUT2D eigenvalue weighted by Gasteiger charge is 2.21. The number of hydrogen-bond donors (Lipinski definition) is 2. The van der Waals surface area contributed by atoms with Gasteiger partial charge in [0.05, 0.1) is 18.8 Å². The van der Waals surface area contributed by atoms with Gasteiger partial charge in [-0.25, -0.2) is 15.0 Å². The van der Waals surface area contributed by atoms with E-state index in [1.54, 1.807) is 11.3 Å². The van der Waals surface area contributed by atoms with Crippen LogP contribution in [0.2, 0.25) is 0 Å². The van der Waals surface area contributed by atoms with Crippen molar-refractivity contribution in [3.05, 3.63) is 33.4 Å². The molecule has 0 atom stereocenters. The fourth-order valence-corrected chi connectivity index (χ4v) is 4.06. The second-order valence-corrected chi connectivity index (χ2v) is 8.73. The van der Waals surface area contributed by atoms with Crippen LogP contribution >= 0.6 is 35.3 Å². The zero-order valence-corrected chi connectivity index (χ0v) is 21.0. The molecule has 0 aromatic carbocycles. The summed E-state index contributed by atoms with van der Waals surface area (Å²) in [6, 6.07) is 0. The van der Waals surface area contributed by atoms with Gasteiger partial charge in [-0.15, -0.1) is 35.3 Å². The van der Waals surface area contributed by atoms with Crippen molar-refractivity contribution in [2.75, 3.05) is 26.2 Å². The number of halogens is 1. The summed E-state index contributed by atoms with van der Waals surface area (Å²) in [5.74, 6) is 3.31. The monoisotopic (exact) mass is 532 g/mol. The van der Waals surface area contributed by atoms with Crippen LogP contribution < -0.4 is 10.6 Å². The molecule has 0 unspecified atom stereocenters. The number of thiazole rings is 1. The SMILES string of the molecule is CCNC(=NCc1ncc(C)s1)NCC1CCN(Cc2nc(C)c(C)o2)CC1.I. The quantitative estimate of drug-likeness (QED) is 0.322. The van der Waals surface area contributed by atoms with Crippen molar-refractivity contribution in [3.63, 3.8) is 0 Å². The van der Waals surface area contributed by atoms with E-state index in [0.717, 1.165) is 61.0 Å². The zero-order valence-electron chi connectivity index (χ0n) is 17.8. The summed E-state index contributed by atoms with van der Waals surface area (Å²) in [5.41, 5.74) is 0.997. The molecule has 29 heavy (non-hydrogen) atoms. The minimum Gasteiger partial charge on any atom is -0.444 e. The molecule has 162 valence electrons. The Morgan fingerprint density at radius 1 is 1.28 bits per heavy atom. The number of rotatable bonds is 7. The first-order valence-corrected chi connectivity index (χ1v) is 10.9. The molecule has 0 saturated carbocycles. The summed E-state index contributed by atoms with van der Waals surface area (Å²) in [4.78, 5) is 17.2. The number of nitrogens with one attached hydrogen (secondary N) is 2. The van der Waals surface area contributed by atoms with Crippen molar-refractivity contribution in [3.8, 4) is 0 Å². The molecule has 9 heteroatoms. The van der Waals surface area contributed by atoms with E-state index in [4.69, 9.17) is 4.42 Å². The number of aryl methyl sites for hydroxylation is 3. The van der Waals surface area contributed by atoms with Crippen molar-refractivity contribution >= 4 is 41.3 Å². The molecule has 1 aliphatic heterocycles. The maximum absolute atomic E-state index is 5.72. The Bertz CT molecular complexity index is 762. The molecule has 0 bridgehead atoms. The van der Waals surface area contributed by atoms with Crippen molar-refractivity contribution in [2.24, 2.45) is 10.9 Å². The van der Waals surface area contributed by atoms with Crippen LogP contribution in [-0.2, 0) is 13.1 Å². The second kappa shape index (κ2) is 11.8. The fraction of sp³-hybridized carbons (Fsp3) is 0.650. The van der Waals surface area contributed by atoms with E-state index >= 15 is 0 Å². The number of piperidine rings is 1. The number of hydrogen-bond acceptors (Lipinski definition) is 6. The van der Waals surface area contributed by atoms with Crippen LogP contribution in [0.15, 0.2) is 15.6 Å². The third-order valence-corrected chi connectivity index (χ3v) is 5.98. The first kappa shape index (κ1) is 24.1. The molecule has 0 aliphatic carbocycles. The summed E-state index contributed by atoms with van der Waals surface area (Å²) in [7, 11) is 0. The van der Waals surface area contributed by atoms with Gasteiger partial charge in [0.25, 0.3) is 0 Å². The van der Waals surface area contributed by atoms with Crippen molar-refractivity contribution in [2.45, 2.75) is 53.6 Å². The smallest absolute Gasteiger partial charge is 0.208 e. The van der Waals surface area contributed by atoms with Gasteiger partial charge in [-0.3, -0.25) is 4.90 Å². The van der Waals surface area contributed by atoms with Crippen LogP contribution in [0.5, 0.6) is 0 Å². The van der Waals surface area contributed by atoms with Crippen LogP contribution in [0.4, 0.5) is 0 Å². The summed E-state index contributed by atoms with van der Waals surface area (Å²) in [5, 5.41) is 7.90. The lowest BCUT2D eigenvalue weighted by molar-refractivity contribution is 0.164. The van der Waals surface area contributed by atoms with E-state index in [0.29, 0.717) is 12.5 Å². The van der Waals surface area contributed by atoms with E-state index < -0.39 is 0 Å². The average molecular weight is 532 g/mol. The Balaban J connectivity index is 0.00000300. The predicted molar refractivity (Wildman–Crippen MR) is 129 cm³/mol. The van der Waals surface area contributed by atoms with Gasteiger partial charge in [0.1, 0.15) is 10.8 Å². The molecule has 1 fully saturated rings. The molecule has 2 aromatic heterocycles. The van der Waals surface area contributed by atoms with Crippen molar-refractivity contribution in [1.29, 1.82) is 0 Å². The van der Waals surface area contributed by atoms with E-state index in [1.165, 1.54) is 17.7 Å². The molecule has 7 nitrogen and oxygen atoms in total. The lowest BCUT2D eigenvalue weighted by atomic mass is 9.97. The third-order valence-electron chi connectivity index (χ3n) is 5.08. The lowest BCUT2D eigenvalue weighted by Crippen LogP contribution is -2.42. The standard InChI is InChI=1S/C20H32N6OS.HI/c1-5-21-20(24-12-19-22-10-14(2)28-19)23-11-17-6-8-26(9-7-17)13-18-25-15(3)16(4)27-18;/h10,17H,5-9,11-13H2,1-4H3,(H2,21,23,24);1H. The predicted octanol–water partition coefficient (Wildman–Crippen LogP) is 3.64. The number of nitrogens with zero attached hydrogens (tertiary/aromatic N) is 4. The molecule has 0 radical (unpaired) electrons. The second-order valence-electron chi connectivity index (χ2n) is 7.41. The Morgan fingerprint density at radius 2 is 2.03 bits per heavy atom. The van der Waals surface area contributed by atoms with Gasteiger partial charge in [-0.1, -0.05) is 0 Å². The van der Waals surface area contributed by atoms with E-state index in [1.807, 2.05) is 20.0 Å². The van der Waals surface area contributed by atoms with E-state index in [9.17, 15) is 0 Å². The molecular weight excluding hydrogens is 499 g/mol. The van der Waals surface area contributed by atoms with Crippen LogP contribution in [0.1, 0.15) is 47.0 Å². The molecule has 3 rings (SSSR count). The maximum atomic E-state index is 5.72. The first-order chi connectivity index (χ1) is 13.5. The molecule has 2 N–H and O–H groups in total. The van der Waals surface area contributed by atoms with E-state index in [-0.39, 0.29) is 24.0 Å². The Kier molecular flexibility index (Phi) is 9.84. The fourth-order valence-electron chi connectivity index (χ4n) is 3.35. The van der Waals surface area contributed by atoms with Gasteiger partial charge in [0, 0.05) is 24.2 Å². The lowest BCUT2D eigenvalue weighted by Gasteiger charge is -2.31. The number of aliphatic imine (C=N–C) groups is 1. The third kappa shape index (κ3) is 7.53. The topological polar surface area (TPSA) is 78.6 Å². The summed E-state index contributed by atoms with van der Waals surface area (Å²) in [6.45, 7) is 13.6. The highest BCUT2D eigenvalue weighted by atomic mass is 127. The minimum absolute atomic E-state index is 0. The van der Waals surface area contributed by atoms with Gasteiger partial charge < -0.3 is 15.1 Å². The Labute approximate surface area is 194 Å². The van der Waals surface area contributed by atoms with Crippen LogP contribution in [0.25, 0.3) is 0 Å². The van der Waals surface area contributed by atoms with Crippen LogP contribution in [-0.4, -0.2) is 47.0 Å². The van der Waals surface area contributed by atoms with Crippen LogP contribution in [0, 0.1) is 26.7 Å². The molecule has 1 saturated heterocycles. The van der Waals surface area contributed by atoms with Crippen molar-refractivity contribution < 1.29 is 4.42 Å². The molecular formula is C20H33IN6OS. The van der Waals surface area contributed by atoms with Crippen LogP contribution in [0.3, 0.4) is 0 Å². The van der Waals surface area contributed by atoms with Gasteiger partial charge in [0.2, 0.25) is 5.89 Å². The molecule has 0 spiro atoms. The minimum atomic E-state index is 0. The maximum Gasteiger partial charge on any atom is 0.208 e. The summed E-state index contributed by atoms with van der Waals surface area (Å²) in [6.07, 6.45) is 4.26. The van der Waals surface area contributed by atoms with Gasteiger partial charge >= 0.3 is 0 Å². The number of oxazole rings is 1. The van der Waals surface area contributed by atoms with Gasteiger partial charge in [-0.2, -0.15) is 0 Å². The van der Waals surface area contributed by atoms with Gasteiger partial charge in [0.15, 0.2) is 5.96 Å². The average Bonchev–Trinajstić information content (AvgIpc) is 3.23. The summed E-state index contributed by atoms with van der Waals surface area (Å²) < 4.78 is 5.72.